The first-order valence-corrected chi connectivity index (χ1v) is 8.49. The summed E-state index contributed by atoms with van der Waals surface area (Å²) in [4.78, 5) is 11.8. The molecule has 2 saturated carbocycles. The van der Waals surface area contributed by atoms with E-state index in [1.54, 1.807) is 0 Å². The first-order chi connectivity index (χ1) is 9.76. The Balaban J connectivity index is 1.67. The van der Waals surface area contributed by atoms with Gasteiger partial charge in [-0.05, 0) is 58.3 Å². The summed E-state index contributed by atoms with van der Waals surface area (Å²) in [6.07, 6.45) is 8.41. The smallest absolute Gasteiger partial charge is 0.407 e. The second-order valence-corrected chi connectivity index (χ2v) is 8.25. The third kappa shape index (κ3) is 5.50. The van der Waals surface area contributed by atoms with Gasteiger partial charge in [0.15, 0.2) is 0 Å². The number of hydrogen-bond donors (Lipinski definition) is 2. The molecule has 1 amide bonds. The fourth-order valence-electron chi connectivity index (χ4n) is 3.57. The fourth-order valence-corrected chi connectivity index (χ4v) is 3.57. The molecule has 0 radical (unpaired) electrons. The monoisotopic (exact) mass is 296 g/mol. The molecule has 0 aromatic rings. The van der Waals surface area contributed by atoms with Crippen LogP contribution in [-0.4, -0.2) is 30.3 Å². The standard InChI is InChI=1S/C17H32N2O2/c1-16(2,3)21-15(20)19-14-8-7-13(11-14)18-12-17(4)9-5-6-10-17/h13-14,18H,5-12H2,1-4H3,(H,19,20). The summed E-state index contributed by atoms with van der Waals surface area (Å²) in [5, 5.41) is 6.73. The average molecular weight is 296 g/mol. The SMILES string of the molecule is CC1(CNC2CCC(NC(=O)OC(C)(C)C)C2)CCCC1. The van der Waals surface area contributed by atoms with E-state index in [-0.39, 0.29) is 12.1 Å². The van der Waals surface area contributed by atoms with Crippen LogP contribution in [-0.2, 0) is 4.74 Å². The Morgan fingerprint density at radius 2 is 1.81 bits per heavy atom. The minimum atomic E-state index is -0.419. The Labute approximate surface area is 129 Å². The van der Waals surface area contributed by atoms with Crippen molar-refractivity contribution < 1.29 is 9.53 Å². The van der Waals surface area contributed by atoms with E-state index < -0.39 is 5.60 Å². The van der Waals surface area contributed by atoms with Crippen molar-refractivity contribution in [2.75, 3.05) is 6.54 Å². The van der Waals surface area contributed by atoms with Crippen molar-refractivity contribution in [2.24, 2.45) is 5.41 Å². The topological polar surface area (TPSA) is 50.4 Å². The van der Waals surface area contributed by atoms with Crippen molar-refractivity contribution in [2.45, 2.75) is 90.3 Å². The van der Waals surface area contributed by atoms with E-state index in [2.05, 4.69) is 17.6 Å². The van der Waals surface area contributed by atoms with E-state index in [0.29, 0.717) is 11.5 Å². The quantitative estimate of drug-likeness (QED) is 0.833. The maximum absolute atomic E-state index is 11.8. The lowest BCUT2D eigenvalue weighted by molar-refractivity contribution is 0.0505. The number of hydrogen-bond acceptors (Lipinski definition) is 3. The molecule has 2 aliphatic carbocycles. The van der Waals surface area contributed by atoms with Crippen molar-refractivity contribution >= 4 is 6.09 Å². The van der Waals surface area contributed by atoms with Crippen LogP contribution in [0.2, 0.25) is 0 Å². The van der Waals surface area contributed by atoms with E-state index >= 15 is 0 Å². The minimum absolute atomic E-state index is 0.258. The van der Waals surface area contributed by atoms with Crippen LogP contribution in [0.15, 0.2) is 0 Å². The van der Waals surface area contributed by atoms with Crippen molar-refractivity contribution in [1.82, 2.24) is 10.6 Å². The molecule has 122 valence electrons. The molecular formula is C17H32N2O2. The predicted octanol–water partition coefficient (Wildman–Crippen LogP) is 3.60. The zero-order valence-corrected chi connectivity index (χ0v) is 14.1. The molecule has 0 aromatic heterocycles. The summed E-state index contributed by atoms with van der Waals surface area (Å²) in [5.74, 6) is 0. The molecule has 2 rings (SSSR count). The van der Waals surface area contributed by atoms with Crippen LogP contribution in [0, 0.1) is 5.41 Å². The van der Waals surface area contributed by atoms with Crippen molar-refractivity contribution in [3.63, 3.8) is 0 Å². The van der Waals surface area contributed by atoms with Crippen LogP contribution in [0.25, 0.3) is 0 Å². The molecule has 2 atom stereocenters. The van der Waals surface area contributed by atoms with Gasteiger partial charge in [0.25, 0.3) is 0 Å². The Hall–Kier alpha value is -0.770. The molecular weight excluding hydrogens is 264 g/mol. The summed E-state index contributed by atoms with van der Waals surface area (Å²) in [6, 6.07) is 0.802. The van der Waals surface area contributed by atoms with Gasteiger partial charge in [-0.1, -0.05) is 19.8 Å². The molecule has 0 bridgehead atoms. The molecule has 21 heavy (non-hydrogen) atoms. The number of carbonyl (C=O) groups excluding carboxylic acids is 1. The highest BCUT2D eigenvalue weighted by Crippen LogP contribution is 2.37. The fraction of sp³-hybridized carbons (Fsp3) is 0.941. The average Bonchev–Trinajstić information content (AvgIpc) is 2.94. The first kappa shape index (κ1) is 16.6. The molecule has 0 heterocycles. The van der Waals surface area contributed by atoms with Crippen LogP contribution in [0.4, 0.5) is 4.79 Å². The van der Waals surface area contributed by atoms with Gasteiger partial charge in [0, 0.05) is 18.6 Å². The number of nitrogens with one attached hydrogen (secondary N) is 2. The van der Waals surface area contributed by atoms with Crippen LogP contribution in [0.1, 0.15) is 72.6 Å². The number of alkyl carbamates (subject to hydrolysis) is 1. The molecule has 4 heteroatoms. The van der Waals surface area contributed by atoms with Gasteiger partial charge in [0.2, 0.25) is 0 Å². The minimum Gasteiger partial charge on any atom is -0.444 e. The maximum Gasteiger partial charge on any atom is 0.407 e. The highest BCUT2D eigenvalue weighted by molar-refractivity contribution is 5.68. The summed E-state index contributed by atoms with van der Waals surface area (Å²) in [6.45, 7) is 9.21. The van der Waals surface area contributed by atoms with Gasteiger partial charge >= 0.3 is 6.09 Å². The van der Waals surface area contributed by atoms with Crippen LogP contribution in [0.5, 0.6) is 0 Å². The normalized spacial score (nSPS) is 28.6. The molecule has 0 aliphatic heterocycles. The van der Waals surface area contributed by atoms with Crippen molar-refractivity contribution in [3.8, 4) is 0 Å². The van der Waals surface area contributed by atoms with Crippen LogP contribution >= 0.6 is 0 Å². The zero-order chi connectivity index (χ0) is 15.5. The molecule has 4 nitrogen and oxygen atoms in total. The van der Waals surface area contributed by atoms with Crippen molar-refractivity contribution in [1.29, 1.82) is 0 Å². The van der Waals surface area contributed by atoms with E-state index in [9.17, 15) is 4.79 Å². The molecule has 2 unspecified atom stereocenters. The Bertz CT molecular complexity index is 356. The third-order valence-electron chi connectivity index (χ3n) is 4.78. The lowest BCUT2D eigenvalue weighted by Crippen LogP contribution is -2.40. The molecule has 2 aliphatic rings. The van der Waals surface area contributed by atoms with Gasteiger partial charge in [0.1, 0.15) is 5.60 Å². The summed E-state index contributed by atoms with van der Waals surface area (Å²) in [7, 11) is 0. The number of ether oxygens (including phenoxy) is 1. The summed E-state index contributed by atoms with van der Waals surface area (Å²) < 4.78 is 5.32. The van der Waals surface area contributed by atoms with Gasteiger partial charge in [-0.3, -0.25) is 0 Å². The highest BCUT2D eigenvalue weighted by Gasteiger charge is 2.32. The number of amides is 1. The Kier molecular flexibility index (Phi) is 5.18. The van der Waals surface area contributed by atoms with Crippen LogP contribution < -0.4 is 10.6 Å². The number of carbonyl (C=O) groups is 1. The number of rotatable bonds is 4. The Morgan fingerprint density at radius 1 is 1.19 bits per heavy atom. The lowest BCUT2D eigenvalue weighted by atomic mass is 9.88. The van der Waals surface area contributed by atoms with Crippen molar-refractivity contribution in [3.05, 3.63) is 0 Å². The van der Waals surface area contributed by atoms with Crippen LogP contribution in [0.3, 0.4) is 0 Å². The largest absolute Gasteiger partial charge is 0.444 e. The lowest BCUT2D eigenvalue weighted by Gasteiger charge is -2.26. The summed E-state index contributed by atoms with van der Waals surface area (Å²) in [5.41, 5.74) is 0.0775. The van der Waals surface area contributed by atoms with E-state index in [4.69, 9.17) is 4.74 Å². The molecule has 0 aromatic carbocycles. The van der Waals surface area contributed by atoms with E-state index in [0.717, 1.165) is 25.8 Å². The maximum atomic E-state index is 11.8. The van der Waals surface area contributed by atoms with E-state index in [1.807, 2.05) is 20.8 Å². The van der Waals surface area contributed by atoms with Gasteiger partial charge in [-0.2, -0.15) is 0 Å². The van der Waals surface area contributed by atoms with E-state index in [1.165, 1.54) is 25.7 Å². The van der Waals surface area contributed by atoms with Gasteiger partial charge in [-0.25, -0.2) is 4.79 Å². The van der Waals surface area contributed by atoms with Gasteiger partial charge in [0.05, 0.1) is 0 Å². The third-order valence-corrected chi connectivity index (χ3v) is 4.78. The predicted molar refractivity (Wildman–Crippen MR) is 85.4 cm³/mol. The summed E-state index contributed by atoms with van der Waals surface area (Å²) >= 11 is 0. The molecule has 2 N–H and O–H groups in total. The second kappa shape index (κ2) is 6.55. The second-order valence-electron chi connectivity index (χ2n) is 8.25. The zero-order valence-electron chi connectivity index (χ0n) is 14.1. The van der Waals surface area contributed by atoms with Gasteiger partial charge in [-0.15, -0.1) is 0 Å². The molecule has 2 fully saturated rings. The molecule has 0 saturated heterocycles. The molecule has 0 spiro atoms. The van der Waals surface area contributed by atoms with Gasteiger partial charge < -0.3 is 15.4 Å². The first-order valence-electron chi connectivity index (χ1n) is 8.49. The highest BCUT2D eigenvalue weighted by atomic mass is 16.6. The Morgan fingerprint density at radius 3 is 2.43 bits per heavy atom.